The lowest BCUT2D eigenvalue weighted by Gasteiger charge is -2.07. The molecule has 0 aromatic heterocycles. The molecular formula is C10H17O3. The van der Waals surface area contributed by atoms with Gasteiger partial charge in [0.2, 0.25) is 0 Å². The monoisotopic (exact) mass is 185 g/mol. The van der Waals surface area contributed by atoms with Crippen molar-refractivity contribution in [2.24, 2.45) is 5.92 Å². The van der Waals surface area contributed by atoms with Crippen LogP contribution in [0, 0.1) is 5.92 Å². The largest absolute Gasteiger partial charge is 0.462 e. The van der Waals surface area contributed by atoms with Gasteiger partial charge in [0.1, 0.15) is 6.61 Å². The van der Waals surface area contributed by atoms with Gasteiger partial charge in [0.15, 0.2) is 0 Å². The van der Waals surface area contributed by atoms with Gasteiger partial charge < -0.3 is 4.74 Å². The van der Waals surface area contributed by atoms with Crippen LogP contribution in [0.15, 0.2) is 11.6 Å². The zero-order valence-electron chi connectivity index (χ0n) is 8.50. The Kier molecular flexibility index (Phi) is 6.24. The molecule has 0 fully saturated rings. The quantitative estimate of drug-likeness (QED) is 0.485. The van der Waals surface area contributed by atoms with Crippen molar-refractivity contribution in [3.8, 4) is 0 Å². The first-order valence-corrected chi connectivity index (χ1v) is 4.56. The highest BCUT2D eigenvalue weighted by atomic mass is 16.5. The summed E-state index contributed by atoms with van der Waals surface area (Å²) in [5.41, 5.74) is 0.239. The molecule has 3 nitrogen and oxygen atoms in total. The van der Waals surface area contributed by atoms with Gasteiger partial charge >= 0.3 is 5.97 Å². The molecule has 0 heterocycles. The number of ether oxygens (including phenoxy) is 1. The lowest BCUT2D eigenvalue weighted by Crippen LogP contribution is -2.13. The fourth-order valence-electron chi connectivity index (χ4n) is 0.783. The van der Waals surface area contributed by atoms with E-state index in [1.54, 1.807) is 6.08 Å². The molecule has 0 aliphatic heterocycles. The molecule has 0 unspecified atom stereocenters. The van der Waals surface area contributed by atoms with Crippen molar-refractivity contribution in [2.45, 2.75) is 27.2 Å². The van der Waals surface area contributed by atoms with Gasteiger partial charge in [-0.05, 0) is 12.3 Å². The zero-order valence-corrected chi connectivity index (χ0v) is 8.50. The van der Waals surface area contributed by atoms with E-state index < -0.39 is 12.6 Å². The highest BCUT2D eigenvalue weighted by molar-refractivity contribution is 5.88. The summed E-state index contributed by atoms with van der Waals surface area (Å²) in [6.45, 7) is 5.66. The molecule has 3 heteroatoms. The lowest BCUT2D eigenvalue weighted by atomic mass is 10.2. The Morgan fingerprint density at radius 3 is 2.46 bits per heavy atom. The summed E-state index contributed by atoms with van der Waals surface area (Å²) in [5.74, 6) is -0.163. The van der Waals surface area contributed by atoms with Crippen molar-refractivity contribution in [1.29, 1.82) is 0 Å². The van der Waals surface area contributed by atoms with E-state index in [9.17, 15) is 9.90 Å². The summed E-state index contributed by atoms with van der Waals surface area (Å²) in [7, 11) is 0. The van der Waals surface area contributed by atoms with E-state index in [2.05, 4.69) is 0 Å². The number of hydrogen-bond donors (Lipinski definition) is 0. The van der Waals surface area contributed by atoms with E-state index in [4.69, 9.17) is 4.74 Å². The molecule has 0 aromatic rings. The van der Waals surface area contributed by atoms with Crippen molar-refractivity contribution >= 4 is 5.97 Å². The smallest absolute Gasteiger partial charge is 0.336 e. The van der Waals surface area contributed by atoms with Gasteiger partial charge in [-0.3, -0.25) is 0 Å². The van der Waals surface area contributed by atoms with Crippen LogP contribution in [0.25, 0.3) is 0 Å². The molecule has 0 aromatic carbocycles. The van der Waals surface area contributed by atoms with Gasteiger partial charge in [-0.1, -0.05) is 26.8 Å². The summed E-state index contributed by atoms with van der Waals surface area (Å²) in [6, 6.07) is 0. The molecule has 0 atom stereocenters. The second-order valence-electron chi connectivity index (χ2n) is 3.27. The summed E-state index contributed by atoms with van der Waals surface area (Å²) < 4.78 is 4.90. The van der Waals surface area contributed by atoms with Crippen LogP contribution in [0.2, 0.25) is 0 Å². The van der Waals surface area contributed by atoms with Crippen LogP contribution in [0.1, 0.15) is 27.2 Å². The second-order valence-corrected chi connectivity index (χ2v) is 3.27. The topological polar surface area (TPSA) is 46.2 Å². The van der Waals surface area contributed by atoms with E-state index in [1.807, 2.05) is 20.8 Å². The van der Waals surface area contributed by atoms with Crippen molar-refractivity contribution in [2.75, 3.05) is 13.2 Å². The lowest BCUT2D eigenvalue weighted by molar-refractivity contribution is -0.140. The third kappa shape index (κ3) is 5.42. The summed E-state index contributed by atoms with van der Waals surface area (Å²) >= 11 is 0. The molecule has 0 aliphatic carbocycles. The predicted octanol–water partition coefficient (Wildman–Crippen LogP) is 1.95. The van der Waals surface area contributed by atoms with Crippen molar-refractivity contribution in [3.05, 3.63) is 11.6 Å². The molecule has 0 aliphatic rings. The predicted molar refractivity (Wildman–Crippen MR) is 49.7 cm³/mol. The minimum Gasteiger partial charge on any atom is -0.462 e. The van der Waals surface area contributed by atoms with E-state index in [0.29, 0.717) is 18.9 Å². The maximum atomic E-state index is 11.2. The first-order chi connectivity index (χ1) is 6.11. The fraction of sp³-hybridized carbons (Fsp3) is 0.700. The van der Waals surface area contributed by atoms with E-state index in [-0.39, 0.29) is 5.57 Å². The Balaban J connectivity index is 4.00. The van der Waals surface area contributed by atoms with Crippen LogP contribution in [-0.4, -0.2) is 19.2 Å². The Bertz CT molecular complexity index is 183. The maximum Gasteiger partial charge on any atom is 0.336 e. The van der Waals surface area contributed by atoms with Gasteiger partial charge in [0.05, 0.1) is 12.2 Å². The van der Waals surface area contributed by atoms with Gasteiger partial charge in [-0.15, -0.1) is 0 Å². The third-order valence-corrected chi connectivity index (χ3v) is 1.42. The van der Waals surface area contributed by atoms with Crippen LogP contribution >= 0.6 is 0 Å². The van der Waals surface area contributed by atoms with Crippen molar-refractivity contribution in [3.63, 3.8) is 0 Å². The Morgan fingerprint density at radius 1 is 1.46 bits per heavy atom. The SMILES string of the molecule is CCC=C(C[O])C(=O)OCC(C)C. The minimum atomic E-state index is -0.495. The fourth-order valence-corrected chi connectivity index (χ4v) is 0.783. The maximum absolute atomic E-state index is 11.2. The van der Waals surface area contributed by atoms with Crippen molar-refractivity contribution < 1.29 is 14.6 Å². The summed E-state index contributed by atoms with van der Waals surface area (Å²) in [5, 5.41) is 10.5. The van der Waals surface area contributed by atoms with E-state index in [1.165, 1.54) is 0 Å². The third-order valence-electron chi connectivity index (χ3n) is 1.42. The van der Waals surface area contributed by atoms with Crippen LogP contribution in [0.5, 0.6) is 0 Å². The average Bonchev–Trinajstić information content (AvgIpc) is 2.10. The number of carbonyl (C=O) groups is 1. The Hall–Kier alpha value is -0.830. The number of allylic oxidation sites excluding steroid dienone is 1. The summed E-state index contributed by atoms with van der Waals surface area (Å²) in [4.78, 5) is 11.2. The van der Waals surface area contributed by atoms with Gasteiger partial charge in [0.25, 0.3) is 0 Å². The minimum absolute atomic E-state index is 0.239. The van der Waals surface area contributed by atoms with Gasteiger partial charge in [-0.2, -0.15) is 0 Å². The van der Waals surface area contributed by atoms with Crippen LogP contribution < -0.4 is 0 Å². The normalized spacial score (nSPS) is 11.9. The van der Waals surface area contributed by atoms with E-state index in [0.717, 1.165) is 0 Å². The number of rotatable bonds is 5. The number of hydrogen-bond acceptors (Lipinski definition) is 2. The first kappa shape index (κ1) is 12.2. The first-order valence-electron chi connectivity index (χ1n) is 4.56. The standard InChI is InChI=1S/C10H17O3/c1-4-5-9(6-11)10(12)13-7-8(2)3/h5,8H,4,6-7H2,1-3H3. The number of carbonyl (C=O) groups excluding carboxylic acids is 1. The molecule has 13 heavy (non-hydrogen) atoms. The molecule has 1 radical (unpaired) electrons. The molecule has 0 N–H and O–H groups in total. The van der Waals surface area contributed by atoms with E-state index >= 15 is 0 Å². The molecule has 0 rings (SSSR count). The molecule has 0 amide bonds. The Labute approximate surface area is 79.4 Å². The molecule has 0 spiro atoms. The molecule has 75 valence electrons. The molecular weight excluding hydrogens is 168 g/mol. The Morgan fingerprint density at radius 2 is 2.08 bits per heavy atom. The molecule has 0 saturated carbocycles. The highest BCUT2D eigenvalue weighted by Crippen LogP contribution is 2.01. The summed E-state index contributed by atoms with van der Waals surface area (Å²) in [6.07, 6.45) is 2.31. The van der Waals surface area contributed by atoms with Crippen LogP contribution in [-0.2, 0) is 14.6 Å². The molecule has 0 bridgehead atoms. The van der Waals surface area contributed by atoms with Gasteiger partial charge in [-0.25, -0.2) is 9.90 Å². The van der Waals surface area contributed by atoms with Crippen molar-refractivity contribution in [1.82, 2.24) is 0 Å². The van der Waals surface area contributed by atoms with Crippen LogP contribution in [0.4, 0.5) is 0 Å². The zero-order chi connectivity index (χ0) is 10.3. The number of esters is 1. The second kappa shape index (κ2) is 6.66. The highest BCUT2D eigenvalue weighted by Gasteiger charge is 2.10. The van der Waals surface area contributed by atoms with Crippen LogP contribution in [0.3, 0.4) is 0 Å². The van der Waals surface area contributed by atoms with Gasteiger partial charge in [0, 0.05) is 0 Å². The average molecular weight is 185 g/mol. The molecule has 0 saturated heterocycles.